The standard InChI is InChI=1S/C12H15N/c1-9-7-12(13-8-10(9)2)11-5-3-4-6-11/h5,7-8H,3-4,6H2,1-2H3. The number of rotatable bonds is 1. The van der Waals surface area contributed by atoms with Crippen LogP contribution in [0.25, 0.3) is 5.57 Å². The van der Waals surface area contributed by atoms with E-state index in [9.17, 15) is 0 Å². The molecular formula is C12H15N. The molecule has 0 aliphatic heterocycles. The maximum atomic E-state index is 4.45. The zero-order valence-corrected chi connectivity index (χ0v) is 8.30. The molecule has 0 saturated heterocycles. The summed E-state index contributed by atoms with van der Waals surface area (Å²) in [5.41, 5.74) is 5.24. The summed E-state index contributed by atoms with van der Waals surface area (Å²) in [6, 6.07) is 2.20. The van der Waals surface area contributed by atoms with Crippen molar-refractivity contribution in [2.45, 2.75) is 33.1 Å². The fourth-order valence-electron chi connectivity index (χ4n) is 1.70. The van der Waals surface area contributed by atoms with Gasteiger partial charge in [0.25, 0.3) is 0 Å². The van der Waals surface area contributed by atoms with Crippen LogP contribution >= 0.6 is 0 Å². The Morgan fingerprint density at radius 2 is 2.08 bits per heavy atom. The Balaban J connectivity index is 2.36. The van der Waals surface area contributed by atoms with Crippen molar-refractivity contribution in [1.82, 2.24) is 4.98 Å². The van der Waals surface area contributed by atoms with Crippen molar-refractivity contribution in [1.29, 1.82) is 0 Å². The Labute approximate surface area is 79.5 Å². The lowest BCUT2D eigenvalue weighted by molar-refractivity contribution is 0.932. The number of hydrogen-bond acceptors (Lipinski definition) is 1. The van der Waals surface area contributed by atoms with Crippen LogP contribution in [0.15, 0.2) is 18.3 Å². The molecular weight excluding hydrogens is 158 g/mol. The molecule has 0 N–H and O–H groups in total. The molecule has 0 saturated carbocycles. The molecule has 13 heavy (non-hydrogen) atoms. The minimum absolute atomic E-state index is 1.18. The lowest BCUT2D eigenvalue weighted by Gasteiger charge is -2.04. The Morgan fingerprint density at radius 3 is 2.69 bits per heavy atom. The highest BCUT2D eigenvalue weighted by Gasteiger charge is 2.08. The number of hydrogen-bond donors (Lipinski definition) is 0. The molecule has 0 radical (unpaired) electrons. The molecule has 1 aromatic heterocycles. The monoisotopic (exact) mass is 173 g/mol. The van der Waals surface area contributed by atoms with E-state index in [1.54, 1.807) is 0 Å². The number of aromatic nitrogens is 1. The molecule has 0 unspecified atom stereocenters. The van der Waals surface area contributed by atoms with Crippen molar-refractivity contribution in [2.24, 2.45) is 0 Å². The first-order chi connectivity index (χ1) is 6.27. The van der Waals surface area contributed by atoms with Crippen LogP contribution < -0.4 is 0 Å². The maximum Gasteiger partial charge on any atom is 0.0661 e. The van der Waals surface area contributed by atoms with Crippen molar-refractivity contribution in [3.05, 3.63) is 35.2 Å². The van der Waals surface area contributed by atoms with Gasteiger partial charge >= 0.3 is 0 Å². The van der Waals surface area contributed by atoms with E-state index in [0.29, 0.717) is 0 Å². The van der Waals surface area contributed by atoms with Crippen molar-refractivity contribution < 1.29 is 0 Å². The summed E-state index contributed by atoms with van der Waals surface area (Å²) < 4.78 is 0. The summed E-state index contributed by atoms with van der Waals surface area (Å²) in [6.07, 6.45) is 8.02. The first kappa shape index (κ1) is 8.49. The summed E-state index contributed by atoms with van der Waals surface area (Å²) in [5, 5.41) is 0. The van der Waals surface area contributed by atoms with Crippen LogP contribution in [-0.4, -0.2) is 4.98 Å². The maximum absolute atomic E-state index is 4.45. The summed E-state index contributed by atoms with van der Waals surface area (Å²) >= 11 is 0. The minimum Gasteiger partial charge on any atom is -0.256 e. The molecule has 1 nitrogen and oxygen atoms in total. The van der Waals surface area contributed by atoms with Crippen LogP contribution in [0.3, 0.4) is 0 Å². The Kier molecular flexibility index (Phi) is 2.17. The third-order valence-corrected chi connectivity index (χ3v) is 2.74. The normalized spacial score (nSPS) is 16.0. The number of nitrogens with zero attached hydrogens (tertiary/aromatic N) is 1. The Morgan fingerprint density at radius 1 is 1.23 bits per heavy atom. The van der Waals surface area contributed by atoms with Crippen LogP contribution in [-0.2, 0) is 0 Å². The van der Waals surface area contributed by atoms with Gasteiger partial charge in [-0.1, -0.05) is 6.08 Å². The van der Waals surface area contributed by atoms with Crippen molar-refractivity contribution in [3.63, 3.8) is 0 Å². The molecule has 1 aromatic rings. The van der Waals surface area contributed by atoms with Crippen molar-refractivity contribution in [2.75, 3.05) is 0 Å². The third-order valence-electron chi connectivity index (χ3n) is 2.74. The average molecular weight is 173 g/mol. The zero-order valence-electron chi connectivity index (χ0n) is 8.30. The van der Waals surface area contributed by atoms with Crippen LogP contribution in [0.2, 0.25) is 0 Å². The largest absolute Gasteiger partial charge is 0.256 e. The van der Waals surface area contributed by atoms with Gasteiger partial charge in [-0.05, 0) is 55.9 Å². The molecule has 0 spiro atoms. The topological polar surface area (TPSA) is 12.9 Å². The molecule has 1 aliphatic carbocycles. The summed E-state index contributed by atoms with van der Waals surface area (Å²) in [7, 11) is 0. The zero-order chi connectivity index (χ0) is 9.26. The lowest BCUT2D eigenvalue weighted by Crippen LogP contribution is -1.90. The van der Waals surface area contributed by atoms with Gasteiger partial charge in [-0.3, -0.25) is 4.98 Å². The fraction of sp³-hybridized carbons (Fsp3) is 0.417. The number of allylic oxidation sites excluding steroid dienone is 2. The predicted octanol–water partition coefficient (Wildman–Crippen LogP) is 3.27. The molecule has 0 amide bonds. The van der Waals surface area contributed by atoms with Crippen LogP contribution in [0.1, 0.15) is 36.1 Å². The van der Waals surface area contributed by atoms with Crippen LogP contribution in [0, 0.1) is 13.8 Å². The van der Waals surface area contributed by atoms with Gasteiger partial charge in [0.05, 0.1) is 5.69 Å². The SMILES string of the molecule is Cc1cnc(C2=CCCC2)cc1C. The van der Waals surface area contributed by atoms with E-state index in [-0.39, 0.29) is 0 Å². The molecule has 1 aliphatic rings. The highest BCUT2D eigenvalue weighted by Crippen LogP contribution is 2.26. The quantitative estimate of drug-likeness (QED) is 0.635. The molecule has 0 aromatic carbocycles. The van der Waals surface area contributed by atoms with E-state index in [1.807, 2.05) is 6.20 Å². The van der Waals surface area contributed by atoms with Gasteiger partial charge in [0, 0.05) is 6.20 Å². The van der Waals surface area contributed by atoms with Gasteiger partial charge in [0.2, 0.25) is 0 Å². The summed E-state index contributed by atoms with van der Waals surface area (Å²) in [6.45, 7) is 4.26. The van der Waals surface area contributed by atoms with E-state index in [2.05, 4.69) is 31.0 Å². The second-order valence-electron chi connectivity index (χ2n) is 3.78. The summed E-state index contributed by atoms with van der Waals surface area (Å²) in [4.78, 5) is 4.45. The van der Waals surface area contributed by atoms with E-state index in [4.69, 9.17) is 0 Å². The van der Waals surface area contributed by atoms with E-state index in [0.717, 1.165) is 0 Å². The van der Waals surface area contributed by atoms with Gasteiger partial charge in [-0.15, -0.1) is 0 Å². The van der Waals surface area contributed by atoms with Gasteiger partial charge < -0.3 is 0 Å². The smallest absolute Gasteiger partial charge is 0.0661 e. The molecule has 1 heteroatoms. The first-order valence-electron chi connectivity index (χ1n) is 4.90. The van der Waals surface area contributed by atoms with Crippen molar-refractivity contribution in [3.8, 4) is 0 Å². The molecule has 0 atom stereocenters. The predicted molar refractivity (Wildman–Crippen MR) is 55.5 cm³/mol. The van der Waals surface area contributed by atoms with Gasteiger partial charge in [0.1, 0.15) is 0 Å². The minimum atomic E-state index is 1.18. The first-order valence-corrected chi connectivity index (χ1v) is 4.90. The van der Waals surface area contributed by atoms with E-state index in [1.165, 1.54) is 41.7 Å². The highest BCUT2D eigenvalue weighted by atomic mass is 14.7. The van der Waals surface area contributed by atoms with Gasteiger partial charge in [0.15, 0.2) is 0 Å². The number of pyridine rings is 1. The molecule has 1 heterocycles. The summed E-state index contributed by atoms with van der Waals surface area (Å²) in [5.74, 6) is 0. The highest BCUT2D eigenvalue weighted by molar-refractivity contribution is 5.64. The Hall–Kier alpha value is -1.11. The van der Waals surface area contributed by atoms with E-state index >= 15 is 0 Å². The molecule has 68 valence electrons. The molecule has 2 rings (SSSR count). The van der Waals surface area contributed by atoms with E-state index < -0.39 is 0 Å². The van der Waals surface area contributed by atoms with Crippen LogP contribution in [0.4, 0.5) is 0 Å². The number of aryl methyl sites for hydroxylation is 2. The fourth-order valence-corrected chi connectivity index (χ4v) is 1.70. The van der Waals surface area contributed by atoms with Crippen molar-refractivity contribution >= 4 is 5.57 Å². The Bertz CT molecular complexity index is 350. The van der Waals surface area contributed by atoms with Gasteiger partial charge in [-0.2, -0.15) is 0 Å². The third kappa shape index (κ3) is 1.64. The second kappa shape index (κ2) is 3.33. The average Bonchev–Trinajstić information content (AvgIpc) is 2.62. The molecule has 0 fully saturated rings. The molecule has 0 bridgehead atoms. The van der Waals surface area contributed by atoms with Crippen LogP contribution in [0.5, 0.6) is 0 Å². The van der Waals surface area contributed by atoms with Gasteiger partial charge in [-0.25, -0.2) is 0 Å². The second-order valence-corrected chi connectivity index (χ2v) is 3.78. The lowest BCUT2D eigenvalue weighted by atomic mass is 10.1.